The highest BCUT2D eigenvalue weighted by molar-refractivity contribution is 5.96. The maximum absolute atomic E-state index is 12.1. The molecular formula is C15H21N3O3. The van der Waals surface area contributed by atoms with Crippen LogP contribution in [0.2, 0.25) is 0 Å². The van der Waals surface area contributed by atoms with Gasteiger partial charge in [0.2, 0.25) is 5.91 Å². The number of amides is 1. The van der Waals surface area contributed by atoms with Crippen LogP contribution in [0.25, 0.3) is 11.0 Å². The van der Waals surface area contributed by atoms with E-state index in [1.165, 1.54) is 0 Å². The monoisotopic (exact) mass is 291 g/mol. The molecule has 2 heterocycles. The van der Waals surface area contributed by atoms with Crippen LogP contribution in [0.15, 0.2) is 18.3 Å². The lowest BCUT2D eigenvalue weighted by molar-refractivity contribution is -0.122. The van der Waals surface area contributed by atoms with Crippen molar-refractivity contribution in [1.82, 2.24) is 14.5 Å². The van der Waals surface area contributed by atoms with E-state index in [-0.39, 0.29) is 18.5 Å². The third-order valence-electron chi connectivity index (χ3n) is 3.19. The highest BCUT2D eigenvalue weighted by Gasteiger charge is 2.20. The summed E-state index contributed by atoms with van der Waals surface area (Å²) in [5.74, 6) is -0.539. The molecule has 0 atom stereocenters. The Morgan fingerprint density at radius 2 is 2.05 bits per heavy atom. The fourth-order valence-corrected chi connectivity index (χ4v) is 2.33. The molecule has 114 valence electrons. The Hall–Kier alpha value is -2.24. The van der Waals surface area contributed by atoms with Crippen LogP contribution in [-0.4, -0.2) is 33.7 Å². The summed E-state index contributed by atoms with van der Waals surface area (Å²) in [5.41, 5.74) is 2.15. The van der Waals surface area contributed by atoms with Crippen molar-refractivity contribution < 1.29 is 14.3 Å². The summed E-state index contributed by atoms with van der Waals surface area (Å²) in [6.45, 7) is 5.96. The summed E-state index contributed by atoms with van der Waals surface area (Å²) in [6, 6.07) is 3.71. The van der Waals surface area contributed by atoms with Crippen LogP contribution in [0.5, 0.6) is 0 Å². The van der Waals surface area contributed by atoms with E-state index in [4.69, 9.17) is 4.74 Å². The lowest BCUT2D eigenvalue weighted by Gasteiger charge is -2.12. The van der Waals surface area contributed by atoms with Gasteiger partial charge in [0.15, 0.2) is 0 Å². The van der Waals surface area contributed by atoms with Crippen molar-refractivity contribution in [3.63, 3.8) is 0 Å². The first-order valence-corrected chi connectivity index (χ1v) is 7.05. The molecule has 2 aromatic heterocycles. The first kappa shape index (κ1) is 15.2. The van der Waals surface area contributed by atoms with Crippen molar-refractivity contribution >= 4 is 22.9 Å². The molecule has 0 radical (unpaired) electrons. The molecule has 0 aliphatic rings. The second-order valence-corrected chi connectivity index (χ2v) is 5.26. The van der Waals surface area contributed by atoms with Gasteiger partial charge in [0.1, 0.15) is 12.2 Å². The molecule has 1 N–H and O–H groups in total. The Balaban J connectivity index is 2.40. The van der Waals surface area contributed by atoms with Gasteiger partial charge < -0.3 is 19.2 Å². The fraction of sp³-hybridized carbons (Fsp3) is 0.467. The average molecular weight is 291 g/mol. The zero-order chi connectivity index (χ0) is 15.6. The minimum atomic E-state index is -0.411. The Morgan fingerprint density at radius 3 is 2.67 bits per heavy atom. The number of hydrogen-bond acceptors (Lipinski definition) is 3. The predicted molar refractivity (Wildman–Crippen MR) is 80.1 cm³/mol. The summed E-state index contributed by atoms with van der Waals surface area (Å²) in [6.07, 6.45) is 1.90. The molecule has 0 fully saturated rings. The van der Waals surface area contributed by atoms with E-state index in [9.17, 15) is 9.59 Å². The molecule has 0 aromatic carbocycles. The minimum absolute atomic E-state index is 0.0605. The van der Waals surface area contributed by atoms with Gasteiger partial charge in [-0.2, -0.15) is 0 Å². The molecule has 0 saturated heterocycles. The molecule has 1 amide bonds. The molecule has 6 heteroatoms. The first-order valence-electron chi connectivity index (χ1n) is 7.05. The Bertz CT molecular complexity index is 667. The molecule has 21 heavy (non-hydrogen) atoms. The van der Waals surface area contributed by atoms with Crippen molar-refractivity contribution in [2.75, 3.05) is 6.61 Å². The topological polar surface area (TPSA) is 65.3 Å². The number of ether oxygens (including phenoxy) is 1. The smallest absolute Gasteiger partial charge is 0.355 e. The first-order chi connectivity index (χ1) is 9.93. The van der Waals surface area contributed by atoms with E-state index in [0.29, 0.717) is 12.3 Å². The quantitative estimate of drug-likeness (QED) is 0.852. The van der Waals surface area contributed by atoms with Crippen molar-refractivity contribution in [1.29, 1.82) is 0 Å². The van der Waals surface area contributed by atoms with Crippen molar-refractivity contribution in [3.05, 3.63) is 24.0 Å². The van der Waals surface area contributed by atoms with Gasteiger partial charge in [-0.05, 0) is 32.9 Å². The highest BCUT2D eigenvalue weighted by atomic mass is 16.5. The minimum Gasteiger partial charge on any atom is -0.461 e. The second kappa shape index (κ2) is 6.03. The SMILES string of the molecule is CCOC(=O)c1cc2c(ccn2C)n1CC(=O)NC(C)C. The van der Waals surface area contributed by atoms with Crippen LogP contribution in [-0.2, 0) is 23.1 Å². The lowest BCUT2D eigenvalue weighted by Crippen LogP contribution is -2.33. The van der Waals surface area contributed by atoms with Crippen LogP contribution < -0.4 is 5.32 Å². The maximum Gasteiger partial charge on any atom is 0.355 e. The van der Waals surface area contributed by atoms with Gasteiger partial charge in [-0.25, -0.2) is 4.79 Å². The Labute approximate surface area is 123 Å². The van der Waals surface area contributed by atoms with Crippen LogP contribution in [0, 0.1) is 0 Å². The number of fused-ring (bicyclic) bond motifs is 1. The number of carbonyl (C=O) groups excluding carboxylic acids is 2. The standard InChI is InChI=1S/C15H21N3O3/c1-5-21-15(20)13-8-12-11(6-7-17(12)4)18(13)9-14(19)16-10(2)3/h6-8,10H,5,9H2,1-4H3,(H,16,19). The summed E-state index contributed by atoms with van der Waals surface area (Å²) < 4.78 is 8.68. The number of hydrogen-bond donors (Lipinski definition) is 1. The number of nitrogens with one attached hydrogen (secondary N) is 1. The molecule has 0 bridgehead atoms. The molecule has 2 rings (SSSR count). The van der Waals surface area contributed by atoms with E-state index in [1.54, 1.807) is 17.6 Å². The molecule has 0 unspecified atom stereocenters. The summed E-state index contributed by atoms with van der Waals surface area (Å²) in [5, 5.41) is 2.83. The summed E-state index contributed by atoms with van der Waals surface area (Å²) in [7, 11) is 1.90. The van der Waals surface area contributed by atoms with E-state index in [0.717, 1.165) is 11.0 Å². The van der Waals surface area contributed by atoms with Crippen LogP contribution in [0.1, 0.15) is 31.3 Å². The molecule has 0 spiro atoms. The number of aromatic nitrogens is 2. The zero-order valence-electron chi connectivity index (χ0n) is 12.8. The van der Waals surface area contributed by atoms with Gasteiger partial charge in [-0.1, -0.05) is 0 Å². The lowest BCUT2D eigenvalue weighted by atomic mass is 10.3. The van der Waals surface area contributed by atoms with E-state index >= 15 is 0 Å². The van der Waals surface area contributed by atoms with E-state index < -0.39 is 5.97 Å². The number of carbonyl (C=O) groups is 2. The van der Waals surface area contributed by atoms with E-state index in [1.807, 2.05) is 37.7 Å². The summed E-state index contributed by atoms with van der Waals surface area (Å²) in [4.78, 5) is 24.1. The van der Waals surface area contributed by atoms with Gasteiger partial charge in [-0.15, -0.1) is 0 Å². The van der Waals surface area contributed by atoms with Crippen molar-refractivity contribution in [3.8, 4) is 0 Å². The van der Waals surface area contributed by atoms with E-state index in [2.05, 4.69) is 5.32 Å². The van der Waals surface area contributed by atoms with Crippen LogP contribution in [0.4, 0.5) is 0 Å². The normalized spacial score (nSPS) is 11.1. The Kier molecular flexibility index (Phi) is 4.35. The third-order valence-corrected chi connectivity index (χ3v) is 3.19. The molecule has 0 saturated carbocycles. The maximum atomic E-state index is 12.1. The number of esters is 1. The number of aryl methyl sites for hydroxylation is 1. The number of rotatable bonds is 5. The van der Waals surface area contributed by atoms with Gasteiger partial charge >= 0.3 is 5.97 Å². The van der Waals surface area contributed by atoms with Gasteiger partial charge in [0.25, 0.3) is 0 Å². The fourth-order valence-electron chi connectivity index (χ4n) is 2.33. The molecule has 0 aliphatic heterocycles. The second-order valence-electron chi connectivity index (χ2n) is 5.26. The van der Waals surface area contributed by atoms with Gasteiger partial charge in [0, 0.05) is 19.3 Å². The van der Waals surface area contributed by atoms with Crippen LogP contribution >= 0.6 is 0 Å². The Morgan fingerprint density at radius 1 is 1.33 bits per heavy atom. The highest BCUT2D eigenvalue weighted by Crippen LogP contribution is 2.21. The van der Waals surface area contributed by atoms with Gasteiger partial charge in [0.05, 0.1) is 17.6 Å². The molecular weight excluding hydrogens is 270 g/mol. The zero-order valence-corrected chi connectivity index (χ0v) is 12.8. The number of nitrogens with zero attached hydrogens (tertiary/aromatic N) is 2. The molecule has 2 aromatic rings. The van der Waals surface area contributed by atoms with Crippen molar-refractivity contribution in [2.24, 2.45) is 7.05 Å². The molecule has 6 nitrogen and oxygen atoms in total. The van der Waals surface area contributed by atoms with Crippen LogP contribution in [0.3, 0.4) is 0 Å². The largest absolute Gasteiger partial charge is 0.461 e. The van der Waals surface area contributed by atoms with Gasteiger partial charge in [-0.3, -0.25) is 4.79 Å². The predicted octanol–water partition coefficient (Wildman–Crippen LogP) is 1.68. The third kappa shape index (κ3) is 3.09. The molecule has 0 aliphatic carbocycles. The van der Waals surface area contributed by atoms with Crippen molar-refractivity contribution in [2.45, 2.75) is 33.4 Å². The summed E-state index contributed by atoms with van der Waals surface area (Å²) >= 11 is 0. The average Bonchev–Trinajstić information content (AvgIpc) is 2.91.